The van der Waals surface area contributed by atoms with Crippen molar-refractivity contribution in [3.05, 3.63) is 35.9 Å². The maximum Gasteiger partial charge on any atom is 0.142 e. The Balaban J connectivity index is 2.76. The van der Waals surface area contributed by atoms with Crippen LogP contribution in [0.3, 0.4) is 0 Å². The molecule has 0 radical (unpaired) electrons. The highest BCUT2D eigenvalue weighted by Crippen LogP contribution is 2.05. The van der Waals surface area contributed by atoms with Gasteiger partial charge in [0.1, 0.15) is 5.82 Å². The van der Waals surface area contributed by atoms with Gasteiger partial charge < -0.3 is 0 Å². The van der Waals surface area contributed by atoms with Gasteiger partial charge in [-0.3, -0.25) is 4.98 Å². The highest BCUT2D eigenvalue weighted by atomic mass is 19.1. The number of aromatic nitrogens is 1. The van der Waals surface area contributed by atoms with Gasteiger partial charge in [0.15, 0.2) is 0 Å². The van der Waals surface area contributed by atoms with E-state index >= 15 is 0 Å². The quantitative estimate of drug-likeness (QED) is 0.656. The van der Waals surface area contributed by atoms with E-state index in [1.807, 2.05) is 12.2 Å². The summed E-state index contributed by atoms with van der Waals surface area (Å²) >= 11 is 0. The lowest BCUT2D eigenvalue weighted by molar-refractivity contribution is 0.621. The molecule has 0 bridgehead atoms. The fraction of sp³-hybridized carbons (Fsp3) is 0.300. The summed E-state index contributed by atoms with van der Waals surface area (Å²) in [6.07, 6.45) is 6.73. The molecule has 0 aliphatic heterocycles. The Morgan fingerprint density at radius 1 is 1.42 bits per heavy atom. The Bertz CT molecular complexity index is 279. The molecule has 0 aliphatic rings. The van der Waals surface area contributed by atoms with Crippen LogP contribution in [0.1, 0.15) is 19.4 Å². The summed E-state index contributed by atoms with van der Waals surface area (Å²) < 4.78 is 12.6. The molecule has 0 fully saturated rings. The van der Waals surface area contributed by atoms with E-state index in [2.05, 4.69) is 18.8 Å². The average molecular weight is 165 g/mol. The van der Waals surface area contributed by atoms with Crippen molar-refractivity contribution < 1.29 is 4.39 Å². The van der Waals surface area contributed by atoms with Crippen LogP contribution < -0.4 is 0 Å². The highest BCUT2D eigenvalue weighted by molar-refractivity contribution is 5.47. The molecule has 0 N–H and O–H groups in total. The first-order valence-corrected chi connectivity index (χ1v) is 3.97. The van der Waals surface area contributed by atoms with E-state index in [0.717, 1.165) is 5.56 Å². The minimum atomic E-state index is -0.291. The smallest absolute Gasteiger partial charge is 0.142 e. The Morgan fingerprint density at radius 2 is 2.17 bits per heavy atom. The third-order valence-corrected chi connectivity index (χ3v) is 1.40. The molecule has 1 rings (SSSR count). The standard InChI is InChI=1S/C10H12FN/c1-8(2)3-4-9-5-10(11)7-12-6-9/h3-8H,1-2H3/b4-3+. The van der Waals surface area contributed by atoms with Crippen LogP contribution in [0.15, 0.2) is 24.5 Å². The van der Waals surface area contributed by atoms with Gasteiger partial charge in [-0.25, -0.2) is 4.39 Å². The molecule has 1 aromatic rings. The first-order chi connectivity index (χ1) is 5.68. The molecule has 1 heterocycles. The van der Waals surface area contributed by atoms with Gasteiger partial charge in [-0.05, 0) is 17.5 Å². The molecule has 0 spiro atoms. The van der Waals surface area contributed by atoms with Crippen molar-refractivity contribution >= 4 is 6.08 Å². The summed E-state index contributed by atoms with van der Waals surface area (Å²) in [5.41, 5.74) is 0.809. The van der Waals surface area contributed by atoms with Crippen molar-refractivity contribution in [2.24, 2.45) is 5.92 Å². The van der Waals surface area contributed by atoms with E-state index in [-0.39, 0.29) is 5.82 Å². The normalized spacial score (nSPS) is 11.3. The summed E-state index contributed by atoms with van der Waals surface area (Å²) in [5, 5.41) is 0. The van der Waals surface area contributed by atoms with Crippen LogP contribution in [0.4, 0.5) is 4.39 Å². The predicted molar refractivity (Wildman–Crippen MR) is 48.1 cm³/mol. The Kier molecular flexibility index (Phi) is 2.97. The lowest BCUT2D eigenvalue weighted by Gasteiger charge is -1.94. The lowest BCUT2D eigenvalue weighted by atomic mass is 10.1. The molecule has 0 saturated heterocycles. The largest absolute Gasteiger partial charge is 0.261 e. The number of halogens is 1. The summed E-state index contributed by atoms with van der Waals surface area (Å²) in [7, 11) is 0. The van der Waals surface area contributed by atoms with Crippen LogP contribution in [0, 0.1) is 11.7 Å². The van der Waals surface area contributed by atoms with E-state index in [9.17, 15) is 4.39 Å². The van der Waals surface area contributed by atoms with Gasteiger partial charge in [-0.1, -0.05) is 26.0 Å². The molecule has 0 amide bonds. The Morgan fingerprint density at radius 3 is 2.75 bits per heavy atom. The van der Waals surface area contributed by atoms with E-state index in [1.54, 1.807) is 6.20 Å². The summed E-state index contributed by atoms with van der Waals surface area (Å²) in [6, 6.07) is 1.46. The van der Waals surface area contributed by atoms with E-state index < -0.39 is 0 Å². The van der Waals surface area contributed by atoms with Gasteiger partial charge in [-0.15, -0.1) is 0 Å². The van der Waals surface area contributed by atoms with E-state index in [4.69, 9.17) is 0 Å². The number of pyridine rings is 1. The van der Waals surface area contributed by atoms with Crippen LogP contribution >= 0.6 is 0 Å². The number of hydrogen-bond acceptors (Lipinski definition) is 1. The van der Waals surface area contributed by atoms with Crippen LogP contribution in [0.2, 0.25) is 0 Å². The first-order valence-electron chi connectivity index (χ1n) is 3.97. The van der Waals surface area contributed by atoms with Crippen molar-refractivity contribution in [1.82, 2.24) is 4.98 Å². The molecular formula is C10H12FN. The van der Waals surface area contributed by atoms with Crippen molar-refractivity contribution in [1.29, 1.82) is 0 Å². The number of rotatable bonds is 2. The molecule has 64 valence electrons. The molecule has 0 aliphatic carbocycles. The van der Waals surface area contributed by atoms with Crippen LogP contribution in [0.25, 0.3) is 6.08 Å². The Hall–Kier alpha value is -1.18. The fourth-order valence-electron chi connectivity index (χ4n) is 0.823. The van der Waals surface area contributed by atoms with Gasteiger partial charge in [0.2, 0.25) is 0 Å². The van der Waals surface area contributed by atoms with Gasteiger partial charge in [0.05, 0.1) is 6.20 Å². The number of nitrogens with zero attached hydrogens (tertiary/aromatic N) is 1. The highest BCUT2D eigenvalue weighted by Gasteiger charge is 1.91. The minimum absolute atomic E-state index is 0.291. The zero-order valence-corrected chi connectivity index (χ0v) is 7.29. The topological polar surface area (TPSA) is 12.9 Å². The summed E-state index contributed by atoms with van der Waals surface area (Å²) in [6.45, 7) is 4.15. The third-order valence-electron chi connectivity index (χ3n) is 1.40. The predicted octanol–water partition coefficient (Wildman–Crippen LogP) is 2.89. The first kappa shape index (κ1) is 8.91. The van der Waals surface area contributed by atoms with Gasteiger partial charge in [0, 0.05) is 6.20 Å². The molecule has 0 atom stereocenters. The molecular weight excluding hydrogens is 153 g/mol. The van der Waals surface area contributed by atoms with Gasteiger partial charge in [0.25, 0.3) is 0 Å². The van der Waals surface area contributed by atoms with Crippen molar-refractivity contribution in [3.63, 3.8) is 0 Å². The molecule has 0 aromatic carbocycles. The zero-order valence-electron chi connectivity index (χ0n) is 7.29. The number of hydrogen-bond donors (Lipinski definition) is 0. The van der Waals surface area contributed by atoms with Crippen LogP contribution in [-0.2, 0) is 0 Å². The SMILES string of the molecule is CC(C)/C=C/c1cncc(F)c1. The monoisotopic (exact) mass is 165 g/mol. The van der Waals surface area contributed by atoms with Crippen molar-refractivity contribution in [3.8, 4) is 0 Å². The zero-order chi connectivity index (χ0) is 8.97. The van der Waals surface area contributed by atoms with E-state index in [1.165, 1.54) is 12.3 Å². The maximum atomic E-state index is 12.6. The van der Waals surface area contributed by atoms with Crippen LogP contribution in [0.5, 0.6) is 0 Å². The molecule has 1 nitrogen and oxygen atoms in total. The lowest BCUT2D eigenvalue weighted by Crippen LogP contribution is -1.81. The molecule has 12 heavy (non-hydrogen) atoms. The Labute approximate surface area is 72.0 Å². The van der Waals surface area contributed by atoms with E-state index in [0.29, 0.717) is 5.92 Å². The molecule has 0 unspecified atom stereocenters. The molecule has 0 saturated carbocycles. The molecule has 2 heteroatoms. The second-order valence-electron chi connectivity index (χ2n) is 3.04. The number of allylic oxidation sites excluding steroid dienone is 1. The third kappa shape index (κ3) is 2.82. The van der Waals surface area contributed by atoms with Crippen LogP contribution in [-0.4, -0.2) is 4.98 Å². The average Bonchev–Trinajstić information content (AvgIpc) is 2.01. The molecule has 1 aromatic heterocycles. The van der Waals surface area contributed by atoms with Gasteiger partial charge >= 0.3 is 0 Å². The fourth-order valence-corrected chi connectivity index (χ4v) is 0.823. The summed E-state index contributed by atoms with van der Waals surface area (Å²) in [5.74, 6) is 0.189. The summed E-state index contributed by atoms with van der Waals surface area (Å²) in [4.78, 5) is 3.74. The second kappa shape index (κ2) is 4.00. The van der Waals surface area contributed by atoms with Crippen molar-refractivity contribution in [2.75, 3.05) is 0 Å². The van der Waals surface area contributed by atoms with Gasteiger partial charge in [-0.2, -0.15) is 0 Å². The second-order valence-corrected chi connectivity index (χ2v) is 3.04. The van der Waals surface area contributed by atoms with Crippen molar-refractivity contribution in [2.45, 2.75) is 13.8 Å². The maximum absolute atomic E-state index is 12.6. The minimum Gasteiger partial charge on any atom is -0.261 e.